The van der Waals surface area contributed by atoms with Crippen molar-refractivity contribution in [2.24, 2.45) is 0 Å². The summed E-state index contributed by atoms with van der Waals surface area (Å²) in [5.74, 6) is -0.0555. The molecule has 1 aromatic heterocycles. The maximum absolute atomic E-state index is 10.6. The van der Waals surface area contributed by atoms with Gasteiger partial charge in [-0.05, 0) is 41.9 Å². The van der Waals surface area contributed by atoms with Crippen LogP contribution in [-0.2, 0) is 4.74 Å². The highest BCUT2D eigenvalue weighted by atomic mass is 32.1. The lowest BCUT2D eigenvalue weighted by molar-refractivity contribution is 0.303. The SMILES string of the molecule is CCCCOC(=S)c1nc(C#N)c2cc(-c3ccccc3)ccc2c1O. The fraction of sp³-hybridized carbons (Fsp3) is 0.190. The van der Waals surface area contributed by atoms with E-state index in [9.17, 15) is 10.4 Å². The third-order valence-electron chi connectivity index (χ3n) is 4.12. The predicted octanol–water partition coefficient (Wildman–Crippen LogP) is 4.97. The summed E-state index contributed by atoms with van der Waals surface area (Å²) >= 11 is 5.24. The number of pyridine rings is 1. The van der Waals surface area contributed by atoms with Crippen molar-refractivity contribution in [3.8, 4) is 22.9 Å². The van der Waals surface area contributed by atoms with Crippen LogP contribution in [0.5, 0.6) is 5.75 Å². The molecule has 5 heteroatoms. The number of benzene rings is 2. The molecule has 0 aliphatic carbocycles. The molecule has 0 amide bonds. The molecule has 3 rings (SSSR count). The van der Waals surface area contributed by atoms with Crippen LogP contribution >= 0.6 is 12.2 Å². The number of aromatic nitrogens is 1. The summed E-state index contributed by atoms with van der Waals surface area (Å²) < 4.78 is 5.49. The molecule has 0 radical (unpaired) electrons. The van der Waals surface area contributed by atoms with Gasteiger partial charge in [-0.3, -0.25) is 0 Å². The number of fused-ring (bicyclic) bond motifs is 1. The Bertz CT molecular complexity index is 994. The van der Waals surface area contributed by atoms with Crippen molar-refractivity contribution in [1.29, 1.82) is 5.26 Å². The number of thiocarbonyl (C=S) groups is 1. The summed E-state index contributed by atoms with van der Waals surface area (Å²) in [6.45, 7) is 2.51. The van der Waals surface area contributed by atoms with E-state index in [2.05, 4.69) is 18.0 Å². The Balaban J connectivity index is 2.08. The molecule has 0 aliphatic heterocycles. The van der Waals surface area contributed by atoms with Crippen molar-refractivity contribution >= 4 is 28.0 Å². The highest BCUT2D eigenvalue weighted by molar-refractivity contribution is 7.80. The van der Waals surface area contributed by atoms with Crippen LogP contribution in [0.3, 0.4) is 0 Å². The number of nitrogens with zero attached hydrogens (tertiary/aromatic N) is 2. The van der Waals surface area contributed by atoms with E-state index in [1.54, 1.807) is 6.07 Å². The van der Waals surface area contributed by atoms with Crippen LogP contribution < -0.4 is 0 Å². The summed E-state index contributed by atoms with van der Waals surface area (Å²) in [6, 6.07) is 17.5. The summed E-state index contributed by atoms with van der Waals surface area (Å²) in [7, 11) is 0. The van der Waals surface area contributed by atoms with E-state index in [0.717, 1.165) is 24.0 Å². The quantitative estimate of drug-likeness (QED) is 0.513. The van der Waals surface area contributed by atoms with Crippen LogP contribution in [-0.4, -0.2) is 21.7 Å². The van der Waals surface area contributed by atoms with Crippen LogP contribution in [0.2, 0.25) is 0 Å². The van der Waals surface area contributed by atoms with Gasteiger partial charge in [0.2, 0.25) is 5.05 Å². The van der Waals surface area contributed by atoms with Gasteiger partial charge in [-0.1, -0.05) is 49.7 Å². The number of unbranched alkanes of at least 4 members (excludes halogenated alkanes) is 1. The zero-order chi connectivity index (χ0) is 18.5. The number of rotatable bonds is 5. The van der Waals surface area contributed by atoms with Gasteiger partial charge in [0.25, 0.3) is 0 Å². The van der Waals surface area contributed by atoms with Gasteiger partial charge >= 0.3 is 0 Å². The maximum Gasteiger partial charge on any atom is 0.214 e. The third kappa shape index (κ3) is 3.51. The average Bonchev–Trinajstić information content (AvgIpc) is 2.69. The van der Waals surface area contributed by atoms with Crippen LogP contribution in [0, 0.1) is 11.3 Å². The zero-order valence-electron chi connectivity index (χ0n) is 14.4. The smallest absolute Gasteiger partial charge is 0.214 e. The molecule has 0 bridgehead atoms. The zero-order valence-corrected chi connectivity index (χ0v) is 15.2. The van der Waals surface area contributed by atoms with Gasteiger partial charge in [-0.15, -0.1) is 0 Å². The van der Waals surface area contributed by atoms with E-state index in [0.29, 0.717) is 17.4 Å². The van der Waals surface area contributed by atoms with E-state index in [1.165, 1.54) is 0 Å². The minimum atomic E-state index is -0.0555. The summed E-state index contributed by atoms with van der Waals surface area (Å²) in [5, 5.41) is 21.4. The van der Waals surface area contributed by atoms with Gasteiger partial charge < -0.3 is 9.84 Å². The molecule has 0 fully saturated rings. The highest BCUT2D eigenvalue weighted by Gasteiger charge is 2.18. The number of aromatic hydroxyl groups is 1. The third-order valence-corrected chi connectivity index (χ3v) is 4.43. The van der Waals surface area contributed by atoms with Crippen molar-refractivity contribution in [2.75, 3.05) is 6.61 Å². The van der Waals surface area contributed by atoms with Crippen LogP contribution in [0.15, 0.2) is 48.5 Å². The molecule has 0 aliphatic rings. The Morgan fingerprint density at radius 3 is 2.62 bits per heavy atom. The lowest BCUT2D eigenvalue weighted by Crippen LogP contribution is -2.09. The molecular weight excluding hydrogens is 344 g/mol. The van der Waals surface area contributed by atoms with Crippen molar-refractivity contribution in [3.63, 3.8) is 0 Å². The second-order valence-corrected chi connectivity index (χ2v) is 6.26. The number of hydrogen-bond donors (Lipinski definition) is 1. The summed E-state index contributed by atoms with van der Waals surface area (Å²) in [6.07, 6.45) is 1.84. The van der Waals surface area contributed by atoms with E-state index < -0.39 is 0 Å². The van der Waals surface area contributed by atoms with Crippen molar-refractivity contribution in [2.45, 2.75) is 19.8 Å². The monoisotopic (exact) mass is 362 g/mol. The first-order valence-corrected chi connectivity index (χ1v) is 8.86. The molecule has 130 valence electrons. The van der Waals surface area contributed by atoms with E-state index in [1.807, 2.05) is 42.5 Å². The largest absolute Gasteiger partial charge is 0.505 e. The van der Waals surface area contributed by atoms with Crippen molar-refractivity contribution < 1.29 is 9.84 Å². The van der Waals surface area contributed by atoms with Gasteiger partial charge in [-0.25, -0.2) is 4.98 Å². The number of nitriles is 1. The summed E-state index contributed by atoms with van der Waals surface area (Å²) in [4.78, 5) is 4.26. The fourth-order valence-corrected chi connectivity index (χ4v) is 2.94. The molecule has 0 spiro atoms. The van der Waals surface area contributed by atoms with Gasteiger partial charge in [0.1, 0.15) is 11.8 Å². The molecule has 0 atom stereocenters. The number of hydrogen-bond acceptors (Lipinski definition) is 5. The van der Waals surface area contributed by atoms with Crippen LogP contribution in [0.4, 0.5) is 0 Å². The molecule has 26 heavy (non-hydrogen) atoms. The topological polar surface area (TPSA) is 66.1 Å². The maximum atomic E-state index is 10.6. The van der Waals surface area contributed by atoms with Crippen LogP contribution in [0.1, 0.15) is 31.2 Å². The highest BCUT2D eigenvalue weighted by Crippen LogP contribution is 2.33. The van der Waals surface area contributed by atoms with E-state index in [4.69, 9.17) is 17.0 Å². The molecule has 3 aromatic rings. The van der Waals surface area contributed by atoms with Gasteiger partial charge in [0, 0.05) is 10.8 Å². The van der Waals surface area contributed by atoms with Gasteiger partial charge in [0.05, 0.1) is 6.61 Å². The first-order chi connectivity index (χ1) is 12.7. The Labute approximate surface area is 157 Å². The van der Waals surface area contributed by atoms with Crippen molar-refractivity contribution in [1.82, 2.24) is 4.98 Å². The van der Waals surface area contributed by atoms with E-state index in [-0.39, 0.29) is 22.2 Å². The lowest BCUT2D eigenvalue weighted by Gasteiger charge is -2.12. The van der Waals surface area contributed by atoms with Crippen molar-refractivity contribution in [3.05, 3.63) is 59.9 Å². The minimum absolute atomic E-state index is 0.0555. The second-order valence-electron chi connectivity index (χ2n) is 5.89. The minimum Gasteiger partial charge on any atom is -0.505 e. The summed E-state index contributed by atoms with van der Waals surface area (Å²) in [5.41, 5.74) is 2.34. The molecule has 0 saturated heterocycles. The van der Waals surface area contributed by atoms with Crippen LogP contribution in [0.25, 0.3) is 21.9 Å². The first kappa shape index (κ1) is 17.8. The van der Waals surface area contributed by atoms with Gasteiger partial charge in [0.15, 0.2) is 11.4 Å². The Morgan fingerprint density at radius 2 is 1.92 bits per heavy atom. The fourth-order valence-electron chi connectivity index (χ4n) is 2.71. The lowest BCUT2D eigenvalue weighted by atomic mass is 10.00. The molecular formula is C21H18N2O2S. The number of ether oxygens (including phenoxy) is 1. The Hall–Kier alpha value is -2.97. The second kappa shape index (κ2) is 7.94. The molecule has 2 aromatic carbocycles. The predicted molar refractivity (Wildman–Crippen MR) is 106 cm³/mol. The molecule has 0 saturated carbocycles. The standard InChI is InChI=1S/C21H18N2O2S/c1-2-3-11-25-21(26)19-20(24)16-10-9-15(14-7-5-4-6-8-14)12-17(16)18(13-22)23-19/h4-10,12,24H,2-3,11H2,1H3. The molecule has 0 unspecified atom stereocenters. The molecule has 4 nitrogen and oxygen atoms in total. The van der Waals surface area contributed by atoms with Gasteiger partial charge in [-0.2, -0.15) is 5.26 Å². The average molecular weight is 362 g/mol. The normalized spacial score (nSPS) is 10.5. The molecule has 1 heterocycles. The molecule has 1 N–H and O–H groups in total. The Kier molecular flexibility index (Phi) is 5.45. The first-order valence-electron chi connectivity index (χ1n) is 8.45. The van der Waals surface area contributed by atoms with E-state index >= 15 is 0 Å². The Morgan fingerprint density at radius 1 is 1.15 bits per heavy atom.